The van der Waals surface area contributed by atoms with Gasteiger partial charge in [0.15, 0.2) is 18.1 Å². The second-order valence-corrected chi connectivity index (χ2v) is 11.3. The van der Waals surface area contributed by atoms with Crippen molar-refractivity contribution >= 4 is 68.1 Å². The van der Waals surface area contributed by atoms with Gasteiger partial charge < -0.3 is 24.8 Å². The molecule has 3 aromatic rings. The summed E-state index contributed by atoms with van der Waals surface area (Å²) in [4.78, 5) is 51.6. The lowest BCUT2D eigenvalue weighted by atomic mass is 10.1. The van der Waals surface area contributed by atoms with Crippen molar-refractivity contribution in [3.05, 3.63) is 80.7 Å². The molecular formula is C31H30BrN3O7S. The maximum Gasteiger partial charge on any atom is 0.294 e. The summed E-state index contributed by atoms with van der Waals surface area (Å²) in [5.74, 6) is -0.110. The maximum absolute atomic E-state index is 13.0. The first kappa shape index (κ1) is 31.6. The number of carbonyl (C=O) groups excluding carboxylic acids is 4. The average Bonchev–Trinajstić information content (AvgIpc) is 3.23. The lowest BCUT2D eigenvalue weighted by molar-refractivity contribution is -0.127. The Hall–Kier alpha value is -4.29. The average molecular weight is 669 g/mol. The number of anilines is 2. The van der Waals surface area contributed by atoms with Gasteiger partial charge in [0.05, 0.1) is 24.3 Å². The Morgan fingerprint density at radius 3 is 2.35 bits per heavy atom. The second kappa shape index (κ2) is 14.3. The molecule has 0 radical (unpaired) electrons. The van der Waals surface area contributed by atoms with E-state index >= 15 is 0 Å². The van der Waals surface area contributed by atoms with Crippen LogP contribution < -0.4 is 24.8 Å². The Kier molecular flexibility index (Phi) is 10.5. The molecule has 43 heavy (non-hydrogen) atoms. The molecule has 0 atom stereocenters. The Balaban J connectivity index is 1.36. The summed E-state index contributed by atoms with van der Waals surface area (Å²) in [7, 11) is 1.45. The summed E-state index contributed by atoms with van der Waals surface area (Å²) >= 11 is 4.20. The molecule has 1 heterocycles. The molecule has 0 saturated carbocycles. The smallest absolute Gasteiger partial charge is 0.294 e. The number of hydrogen-bond donors (Lipinski definition) is 2. The number of halogens is 1. The molecule has 224 valence electrons. The molecule has 2 N–H and O–H groups in total. The summed E-state index contributed by atoms with van der Waals surface area (Å²) in [6, 6.07) is 15.5. The SMILES string of the molecule is CCOc1ccc(NC(=O)CN2C(=O)S/C(=C/c3ccc(OCC(=O)Nc4cc(C)c(C)cc4Br)c(OC)c3)C2=O)cc1. The highest BCUT2D eigenvalue weighted by molar-refractivity contribution is 9.10. The number of amides is 4. The van der Waals surface area contributed by atoms with Gasteiger partial charge in [-0.3, -0.25) is 24.1 Å². The highest BCUT2D eigenvalue weighted by atomic mass is 79.9. The van der Waals surface area contributed by atoms with E-state index in [4.69, 9.17) is 14.2 Å². The number of benzene rings is 3. The van der Waals surface area contributed by atoms with E-state index in [-0.39, 0.29) is 17.4 Å². The number of rotatable bonds is 11. The van der Waals surface area contributed by atoms with Crippen LogP contribution in [0.15, 0.2) is 64.0 Å². The number of nitrogens with zero attached hydrogens (tertiary/aromatic N) is 1. The fourth-order valence-electron chi connectivity index (χ4n) is 4.03. The van der Waals surface area contributed by atoms with E-state index in [1.807, 2.05) is 32.9 Å². The summed E-state index contributed by atoms with van der Waals surface area (Å²) in [6.07, 6.45) is 1.53. The van der Waals surface area contributed by atoms with E-state index in [2.05, 4.69) is 26.6 Å². The molecule has 0 bridgehead atoms. The van der Waals surface area contributed by atoms with E-state index in [1.54, 1.807) is 42.5 Å². The van der Waals surface area contributed by atoms with Gasteiger partial charge in [0, 0.05) is 10.2 Å². The molecule has 1 fully saturated rings. The van der Waals surface area contributed by atoms with Crippen LogP contribution in [0.4, 0.5) is 16.2 Å². The van der Waals surface area contributed by atoms with Crippen molar-refractivity contribution < 1.29 is 33.4 Å². The van der Waals surface area contributed by atoms with Gasteiger partial charge in [-0.25, -0.2) is 0 Å². The largest absolute Gasteiger partial charge is 0.494 e. The first-order chi connectivity index (χ1) is 20.6. The summed E-state index contributed by atoms with van der Waals surface area (Å²) in [6.45, 7) is 5.66. The Morgan fingerprint density at radius 2 is 1.65 bits per heavy atom. The van der Waals surface area contributed by atoms with Gasteiger partial charge in [-0.05, 0) is 120 Å². The molecule has 0 spiro atoms. The van der Waals surface area contributed by atoms with Gasteiger partial charge in [0.2, 0.25) is 5.91 Å². The van der Waals surface area contributed by atoms with Gasteiger partial charge in [0.25, 0.3) is 17.1 Å². The predicted octanol–water partition coefficient (Wildman–Crippen LogP) is 6.17. The quantitative estimate of drug-likeness (QED) is 0.233. The van der Waals surface area contributed by atoms with Gasteiger partial charge in [-0.1, -0.05) is 6.07 Å². The van der Waals surface area contributed by atoms with Gasteiger partial charge in [-0.15, -0.1) is 0 Å². The zero-order chi connectivity index (χ0) is 31.1. The third-order valence-corrected chi connectivity index (χ3v) is 7.89. The maximum atomic E-state index is 13.0. The van der Waals surface area contributed by atoms with Crippen molar-refractivity contribution in [2.75, 3.05) is 37.5 Å². The van der Waals surface area contributed by atoms with Crippen molar-refractivity contribution in [2.24, 2.45) is 0 Å². The Bertz CT molecular complexity index is 1590. The number of methoxy groups -OCH3 is 1. The molecule has 4 rings (SSSR count). The number of hydrogen-bond acceptors (Lipinski definition) is 8. The molecule has 0 aliphatic carbocycles. The van der Waals surface area contributed by atoms with Crippen LogP contribution in [0.2, 0.25) is 0 Å². The summed E-state index contributed by atoms with van der Waals surface area (Å²) in [5, 5.41) is 4.95. The van der Waals surface area contributed by atoms with Crippen LogP contribution in [0.1, 0.15) is 23.6 Å². The van der Waals surface area contributed by atoms with Crippen molar-refractivity contribution in [3.8, 4) is 17.2 Å². The van der Waals surface area contributed by atoms with Crippen LogP contribution in [0, 0.1) is 13.8 Å². The third-order valence-electron chi connectivity index (χ3n) is 6.33. The number of nitrogens with one attached hydrogen (secondary N) is 2. The molecule has 1 saturated heterocycles. The molecule has 0 unspecified atom stereocenters. The number of carbonyl (C=O) groups is 4. The van der Waals surface area contributed by atoms with E-state index in [0.29, 0.717) is 40.8 Å². The number of imide groups is 1. The monoisotopic (exact) mass is 667 g/mol. The van der Waals surface area contributed by atoms with Crippen molar-refractivity contribution in [1.82, 2.24) is 4.90 Å². The zero-order valence-electron chi connectivity index (χ0n) is 24.0. The highest BCUT2D eigenvalue weighted by Gasteiger charge is 2.36. The molecule has 10 nitrogen and oxygen atoms in total. The molecular weight excluding hydrogens is 638 g/mol. The lowest BCUT2D eigenvalue weighted by Crippen LogP contribution is -2.36. The highest BCUT2D eigenvalue weighted by Crippen LogP contribution is 2.35. The van der Waals surface area contributed by atoms with Gasteiger partial charge in [-0.2, -0.15) is 0 Å². The van der Waals surface area contributed by atoms with Crippen molar-refractivity contribution in [3.63, 3.8) is 0 Å². The van der Waals surface area contributed by atoms with Crippen LogP contribution in [0.3, 0.4) is 0 Å². The molecule has 0 aromatic heterocycles. The number of ether oxygens (including phenoxy) is 3. The predicted molar refractivity (Wildman–Crippen MR) is 170 cm³/mol. The number of thioether (sulfide) groups is 1. The topological polar surface area (TPSA) is 123 Å². The van der Waals surface area contributed by atoms with Crippen LogP contribution in [0.25, 0.3) is 6.08 Å². The molecule has 4 amide bonds. The Morgan fingerprint density at radius 1 is 0.930 bits per heavy atom. The van der Waals surface area contributed by atoms with Crippen LogP contribution in [-0.2, 0) is 14.4 Å². The van der Waals surface area contributed by atoms with E-state index in [0.717, 1.165) is 32.3 Å². The minimum Gasteiger partial charge on any atom is -0.494 e. The fraction of sp³-hybridized carbons (Fsp3) is 0.226. The van der Waals surface area contributed by atoms with Gasteiger partial charge >= 0.3 is 0 Å². The minimum atomic E-state index is -0.578. The molecule has 3 aromatic carbocycles. The standard InChI is InChI=1S/C31H30BrN3O7S/c1-5-41-22-9-7-21(8-10-22)33-28(36)16-35-30(38)27(43-31(35)39)15-20-6-11-25(26(14-20)40-4)42-17-29(37)34-24-13-19(3)18(2)12-23(24)32/h6-15H,5,16-17H2,1-4H3,(H,33,36)(H,34,37)/b27-15+. The van der Waals surface area contributed by atoms with E-state index in [1.165, 1.54) is 13.2 Å². The van der Waals surface area contributed by atoms with Gasteiger partial charge in [0.1, 0.15) is 12.3 Å². The lowest BCUT2D eigenvalue weighted by Gasteiger charge is -2.13. The second-order valence-electron chi connectivity index (χ2n) is 9.44. The first-order valence-electron chi connectivity index (χ1n) is 13.2. The summed E-state index contributed by atoms with van der Waals surface area (Å²) < 4.78 is 17.3. The third kappa shape index (κ3) is 8.17. The summed E-state index contributed by atoms with van der Waals surface area (Å²) in [5.41, 5.74) is 3.86. The molecule has 1 aliphatic heterocycles. The fourth-order valence-corrected chi connectivity index (χ4v) is 5.43. The zero-order valence-corrected chi connectivity index (χ0v) is 26.4. The van der Waals surface area contributed by atoms with E-state index in [9.17, 15) is 19.2 Å². The Labute approximate surface area is 261 Å². The molecule has 12 heteroatoms. The van der Waals surface area contributed by atoms with Crippen LogP contribution >= 0.6 is 27.7 Å². The van der Waals surface area contributed by atoms with Crippen molar-refractivity contribution in [1.29, 1.82) is 0 Å². The van der Waals surface area contributed by atoms with Crippen LogP contribution in [-0.4, -0.2) is 54.7 Å². The minimum absolute atomic E-state index is 0.160. The van der Waals surface area contributed by atoms with E-state index < -0.39 is 23.6 Å². The first-order valence-corrected chi connectivity index (χ1v) is 14.8. The van der Waals surface area contributed by atoms with Crippen molar-refractivity contribution in [2.45, 2.75) is 20.8 Å². The molecule has 1 aliphatic rings. The van der Waals surface area contributed by atoms with Crippen LogP contribution in [0.5, 0.6) is 17.2 Å². The normalized spacial score (nSPS) is 13.7. The number of aryl methyl sites for hydroxylation is 2.